The smallest absolute Gasteiger partial charge is 0.255 e. The van der Waals surface area contributed by atoms with Crippen LogP contribution in [0, 0.1) is 5.82 Å². The summed E-state index contributed by atoms with van der Waals surface area (Å²) in [5.41, 5.74) is 0.214. The van der Waals surface area contributed by atoms with E-state index in [0.29, 0.717) is 5.69 Å². The Morgan fingerprint density at radius 3 is 2.36 bits per heavy atom. The van der Waals surface area contributed by atoms with Crippen molar-refractivity contribution in [3.05, 3.63) is 53.8 Å². The molecule has 0 aliphatic heterocycles. The third-order valence-corrected chi connectivity index (χ3v) is 3.24. The molecule has 0 atom stereocenters. The van der Waals surface area contributed by atoms with E-state index < -0.39 is 21.7 Å². The Balaban J connectivity index is 2.23. The minimum atomic E-state index is -3.66. The van der Waals surface area contributed by atoms with Crippen LogP contribution >= 0.6 is 0 Å². The number of phenolic OH excluding ortho intramolecular Hbond substituents is 1. The summed E-state index contributed by atoms with van der Waals surface area (Å²) in [6.45, 7) is 0. The van der Waals surface area contributed by atoms with Gasteiger partial charge in [0.15, 0.2) is 0 Å². The summed E-state index contributed by atoms with van der Waals surface area (Å²) >= 11 is 0. The summed E-state index contributed by atoms with van der Waals surface area (Å²) in [7, 11) is -3.66. The number of benzene rings is 2. The highest BCUT2D eigenvalue weighted by molar-refractivity contribution is 7.92. The SMILES string of the molecule is CS(=O)(=O)Nc1cc(C(=O)Nc2ccc(O)cc2)ccc1F. The van der Waals surface area contributed by atoms with Gasteiger partial charge < -0.3 is 10.4 Å². The van der Waals surface area contributed by atoms with Crippen LogP contribution < -0.4 is 10.0 Å². The molecular weight excluding hydrogens is 311 g/mol. The second-order valence-corrected chi connectivity index (χ2v) is 6.32. The number of carbonyl (C=O) groups excluding carboxylic acids is 1. The first kappa shape index (κ1) is 15.8. The van der Waals surface area contributed by atoms with E-state index in [1.54, 1.807) is 0 Å². The number of sulfonamides is 1. The number of rotatable bonds is 4. The lowest BCUT2D eigenvalue weighted by Crippen LogP contribution is -2.14. The molecule has 2 rings (SSSR count). The van der Waals surface area contributed by atoms with Gasteiger partial charge in [0, 0.05) is 11.3 Å². The fourth-order valence-electron chi connectivity index (χ4n) is 1.69. The Morgan fingerprint density at radius 2 is 1.77 bits per heavy atom. The number of halogens is 1. The molecule has 2 aromatic rings. The zero-order valence-electron chi connectivity index (χ0n) is 11.5. The third kappa shape index (κ3) is 4.19. The monoisotopic (exact) mass is 324 g/mol. The number of hydrogen-bond donors (Lipinski definition) is 3. The molecule has 0 spiro atoms. The quantitative estimate of drug-likeness (QED) is 0.751. The molecule has 22 heavy (non-hydrogen) atoms. The molecule has 0 fully saturated rings. The average Bonchev–Trinajstić information content (AvgIpc) is 2.42. The van der Waals surface area contributed by atoms with Crippen LogP contribution in [-0.4, -0.2) is 25.7 Å². The van der Waals surface area contributed by atoms with Crippen LogP contribution in [0.15, 0.2) is 42.5 Å². The molecule has 0 heterocycles. The third-order valence-electron chi connectivity index (χ3n) is 2.65. The van der Waals surface area contributed by atoms with Crippen molar-refractivity contribution in [3.63, 3.8) is 0 Å². The molecular formula is C14H13FN2O4S. The minimum Gasteiger partial charge on any atom is -0.508 e. The lowest BCUT2D eigenvalue weighted by Gasteiger charge is -2.09. The summed E-state index contributed by atoms with van der Waals surface area (Å²) in [6.07, 6.45) is 0.885. The number of aromatic hydroxyl groups is 1. The van der Waals surface area contributed by atoms with E-state index in [1.807, 2.05) is 4.72 Å². The lowest BCUT2D eigenvalue weighted by molar-refractivity contribution is 0.102. The van der Waals surface area contributed by atoms with Crippen molar-refractivity contribution in [3.8, 4) is 5.75 Å². The predicted molar refractivity (Wildman–Crippen MR) is 80.9 cm³/mol. The predicted octanol–water partition coefficient (Wildman–Crippen LogP) is 2.16. The molecule has 1 amide bonds. The molecule has 0 aliphatic carbocycles. The Morgan fingerprint density at radius 1 is 1.14 bits per heavy atom. The molecule has 0 bridgehead atoms. The molecule has 0 aromatic heterocycles. The van der Waals surface area contributed by atoms with Gasteiger partial charge in [0.25, 0.3) is 5.91 Å². The van der Waals surface area contributed by atoms with Crippen molar-refractivity contribution in [2.45, 2.75) is 0 Å². The number of amides is 1. The second-order valence-electron chi connectivity index (χ2n) is 4.57. The van der Waals surface area contributed by atoms with Gasteiger partial charge in [-0.25, -0.2) is 12.8 Å². The summed E-state index contributed by atoms with van der Waals surface area (Å²) in [5, 5.41) is 11.7. The molecule has 3 N–H and O–H groups in total. The number of carbonyl (C=O) groups is 1. The van der Waals surface area contributed by atoms with E-state index >= 15 is 0 Å². The number of hydrogen-bond acceptors (Lipinski definition) is 4. The molecule has 0 aliphatic rings. The van der Waals surface area contributed by atoms with Crippen LogP contribution in [0.2, 0.25) is 0 Å². The largest absolute Gasteiger partial charge is 0.508 e. The Bertz CT molecular complexity index is 804. The Hall–Kier alpha value is -2.61. The van der Waals surface area contributed by atoms with E-state index in [9.17, 15) is 17.6 Å². The van der Waals surface area contributed by atoms with E-state index in [-0.39, 0.29) is 17.0 Å². The van der Waals surface area contributed by atoms with E-state index in [4.69, 9.17) is 5.11 Å². The summed E-state index contributed by atoms with van der Waals surface area (Å²) < 4.78 is 37.9. The fraction of sp³-hybridized carbons (Fsp3) is 0.0714. The number of phenols is 1. The van der Waals surface area contributed by atoms with Crippen molar-refractivity contribution in [1.82, 2.24) is 0 Å². The normalized spacial score (nSPS) is 11.0. The fourth-order valence-corrected chi connectivity index (χ4v) is 2.25. The first-order valence-electron chi connectivity index (χ1n) is 6.12. The molecule has 6 nitrogen and oxygen atoms in total. The van der Waals surface area contributed by atoms with Crippen LogP contribution in [0.4, 0.5) is 15.8 Å². The van der Waals surface area contributed by atoms with Crippen molar-refractivity contribution < 1.29 is 22.7 Å². The lowest BCUT2D eigenvalue weighted by atomic mass is 10.1. The van der Waals surface area contributed by atoms with Gasteiger partial charge in [-0.2, -0.15) is 0 Å². The van der Waals surface area contributed by atoms with E-state index in [2.05, 4.69) is 5.32 Å². The van der Waals surface area contributed by atoms with Gasteiger partial charge in [-0.15, -0.1) is 0 Å². The van der Waals surface area contributed by atoms with Gasteiger partial charge in [-0.05, 0) is 42.5 Å². The zero-order chi connectivity index (χ0) is 16.3. The zero-order valence-corrected chi connectivity index (χ0v) is 12.3. The maximum Gasteiger partial charge on any atom is 0.255 e. The van der Waals surface area contributed by atoms with Gasteiger partial charge >= 0.3 is 0 Å². The van der Waals surface area contributed by atoms with Gasteiger partial charge in [-0.1, -0.05) is 0 Å². The van der Waals surface area contributed by atoms with E-state index in [0.717, 1.165) is 18.4 Å². The highest BCUT2D eigenvalue weighted by Gasteiger charge is 2.12. The average molecular weight is 324 g/mol. The minimum absolute atomic E-state index is 0.0550. The van der Waals surface area contributed by atoms with Gasteiger partial charge in [0.1, 0.15) is 11.6 Å². The summed E-state index contributed by atoms with van der Waals surface area (Å²) in [6, 6.07) is 9.12. The maximum absolute atomic E-state index is 13.5. The van der Waals surface area contributed by atoms with Gasteiger partial charge in [0.05, 0.1) is 11.9 Å². The van der Waals surface area contributed by atoms with Crippen LogP contribution in [-0.2, 0) is 10.0 Å². The van der Waals surface area contributed by atoms with Gasteiger partial charge in [0.2, 0.25) is 10.0 Å². The van der Waals surface area contributed by atoms with Gasteiger partial charge in [-0.3, -0.25) is 9.52 Å². The highest BCUT2D eigenvalue weighted by atomic mass is 32.2. The van der Waals surface area contributed by atoms with Crippen molar-refractivity contribution in [2.24, 2.45) is 0 Å². The summed E-state index contributed by atoms with van der Waals surface area (Å²) in [5.74, 6) is -1.27. The molecule has 8 heteroatoms. The highest BCUT2D eigenvalue weighted by Crippen LogP contribution is 2.19. The molecule has 116 valence electrons. The van der Waals surface area contributed by atoms with Crippen LogP contribution in [0.5, 0.6) is 5.75 Å². The van der Waals surface area contributed by atoms with Crippen LogP contribution in [0.3, 0.4) is 0 Å². The number of nitrogens with one attached hydrogen (secondary N) is 2. The number of anilines is 2. The summed E-state index contributed by atoms with van der Waals surface area (Å²) in [4.78, 5) is 12.1. The molecule has 0 unspecified atom stereocenters. The van der Waals surface area contributed by atoms with Crippen molar-refractivity contribution in [2.75, 3.05) is 16.3 Å². The Labute approximate surface area is 126 Å². The Kier molecular flexibility index (Phi) is 4.32. The van der Waals surface area contributed by atoms with Crippen molar-refractivity contribution in [1.29, 1.82) is 0 Å². The first-order valence-corrected chi connectivity index (χ1v) is 8.01. The van der Waals surface area contributed by atoms with Crippen LogP contribution in [0.25, 0.3) is 0 Å². The molecule has 2 aromatic carbocycles. The molecule has 0 saturated carbocycles. The van der Waals surface area contributed by atoms with Crippen LogP contribution in [0.1, 0.15) is 10.4 Å². The molecule has 0 saturated heterocycles. The maximum atomic E-state index is 13.5. The van der Waals surface area contributed by atoms with Crippen molar-refractivity contribution >= 4 is 27.3 Å². The first-order chi connectivity index (χ1) is 10.2. The second kappa shape index (κ2) is 6.02. The van der Waals surface area contributed by atoms with E-state index in [1.165, 1.54) is 30.3 Å². The molecule has 0 radical (unpaired) electrons. The topological polar surface area (TPSA) is 95.5 Å². The standard InChI is InChI=1S/C14H13FN2O4S/c1-22(20,21)17-13-8-9(2-7-12(13)15)14(19)16-10-3-5-11(18)6-4-10/h2-8,17-18H,1H3,(H,16,19).